The lowest BCUT2D eigenvalue weighted by atomic mass is 10.1. The monoisotopic (exact) mass is 334 g/mol. The zero-order chi connectivity index (χ0) is 18.0. The first-order valence-corrected chi connectivity index (χ1v) is 7.83. The van der Waals surface area contributed by atoms with Crippen LogP contribution in [0, 0.1) is 13.8 Å². The fourth-order valence-electron chi connectivity index (χ4n) is 2.43. The van der Waals surface area contributed by atoms with Gasteiger partial charge in [0.2, 0.25) is 0 Å². The van der Waals surface area contributed by atoms with E-state index in [4.69, 9.17) is 10.2 Å². The van der Waals surface area contributed by atoms with Crippen LogP contribution >= 0.6 is 0 Å². The minimum atomic E-state index is -0.608. The number of hydrogen-bond acceptors (Lipinski definition) is 3. The second kappa shape index (κ2) is 6.65. The van der Waals surface area contributed by atoms with Crippen LogP contribution in [0.5, 0.6) is 0 Å². The van der Waals surface area contributed by atoms with E-state index >= 15 is 0 Å². The predicted molar refractivity (Wildman–Crippen MR) is 96.5 cm³/mol. The number of carbonyl (C=O) groups excluding carboxylic acids is 2. The van der Waals surface area contributed by atoms with Gasteiger partial charge >= 0.3 is 0 Å². The van der Waals surface area contributed by atoms with E-state index in [2.05, 4.69) is 5.32 Å². The van der Waals surface area contributed by atoms with Crippen LogP contribution in [-0.4, -0.2) is 11.8 Å². The number of primary amides is 1. The second-order valence-corrected chi connectivity index (χ2v) is 5.86. The molecule has 5 heteroatoms. The summed E-state index contributed by atoms with van der Waals surface area (Å²) in [5, 5.41) is 2.86. The van der Waals surface area contributed by atoms with Gasteiger partial charge in [0.05, 0.1) is 0 Å². The fraction of sp³-hybridized carbons (Fsp3) is 0.100. The van der Waals surface area contributed by atoms with Gasteiger partial charge in [0.1, 0.15) is 5.76 Å². The zero-order valence-corrected chi connectivity index (χ0v) is 14.0. The Morgan fingerprint density at radius 1 is 0.920 bits per heavy atom. The molecule has 0 unspecified atom stereocenters. The van der Waals surface area contributed by atoms with Gasteiger partial charge in [-0.2, -0.15) is 0 Å². The molecule has 1 heterocycles. The van der Waals surface area contributed by atoms with Crippen molar-refractivity contribution in [2.24, 2.45) is 5.73 Å². The van der Waals surface area contributed by atoms with Gasteiger partial charge in [-0.1, -0.05) is 6.07 Å². The van der Waals surface area contributed by atoms with Gasteiger partial charge in [-0.15, -0.1) is 0 Å². The molecule has 0 saturated heterocycles. The van der Waals surface area contributed by atoms with Crippen molar-refractivity contribution in [1.82, 2.24) is 0 Å². The summed E-state index contributed by atoms with van der Waals surface area (Å²) in [6, 6.07) is 16.0. The largest absolute Gasteiger partial charge is 0.451 e. The molecule has 3 rings (SSSR count). The van der Waals surface area contributed by atoms with Crippen LogP contribution in [0.3, 0.4) is 0 Å². The van der Waals surface area contributed by atoms with Crippen molar-refractivity contribution in [2.45, 2.75) is 13.8 Å². The molecule has 2 amide bonds. The Morgan fingerprint density at radius 2 is 1.64 bits per heavy atom. The van der Waals surface area contributed by atoms with Crippen LogP contribution in [0.15, 0.2) is 59.0 Å². The molecule has 0 saturated carbocycles. The first kappa shape index (κ1) is 16.5. The van der Waals surface area contributed by atoms with Gasteiger partial charge in [0, 0.05) is 16.8 Å². The molecule has 0 aliphatic carbocycles. The molecule has 0 fully saturated rings. The Morgan fingerprint density at radius 3 is 2.24 bits per heavy atom. The molecule has 1 aromatic heterocycles. The third kappa shape index (κ3) is 3.61. The summed E-state index contributed by atoms with van der Waals surface area (Å²) in [4.78, 5) is 23.4. The van der Waals surface area contributed by atoms with E-state index in [1.54, 1.807) is 36.4 Å². The van der Waals surface area contributed by atoms with Crippen LogP contribution in [0.4, 0.5) is 5.69 Å². The van der Waals surface area contributed by atoms with Gasteiger partial charge in [-0.05, 0) is 73.5 Å². The maximum absolute atomic E-state index is 12.3. The molecule has 0 atom stereocenters. The number of carbonyl (C=O) groups is 2. The molecule has 3 N–H and O–H groups in total. The van der Waals surface area contributed by atoms with Gasteiger partial charge in [-0.25, -0.2) is 0 Å². The highest BCUT2D eigenvalue weighted by atomic mass is 16.3. The number of benzene rings is 2. The van der Waals surface area contributed by atoms with Gasteiger partial charge in [0.25, 0.3) is 11.8 Å². The lowest BCUT2D eigenvalue weighted by molar-refractivity contribution is 0.0973. The highest BCUT2D eigenvalue weighted by Gasteiger charge is 2.10. The molecule has 0 radical (unpaired) electrons. The van der Waals surface area contributed by atoms with Crippen LogP contribution in [0.2, 0.25) is 0 Å². The third-order valence-corrected chi connectivity index (χ3v) is 4.05. The number of rotatable bonds is 4. The minimum absolute atomic E-state index is 0.113. The van der Waals surface area contributed by atoms with E-state index in [9.17, 15) is 9.59 Å². The Hall–Kier alpha value is -3.34. The average Bonchev–Trinajstić information content (AvgIpc) is 3.08. The van der Waals surface area contributed by atoms with Crippen molar-refractivity contribution >= 4 is 17.5 Å². The van der Waals surface area contributed by atoms with Crippen LogP contribution in [0.1, 0.15) is 32.0 Å². The van der Waals surface area contributed by atoms with E-state index in [-0.39, 0.29) is 11.7 Å². The molecular formula is C20H18N2O3. The summed E-state index contributed by atoms with van der Waals surface area (Å²) >= 11 is 0. The minimum Gasteiger partial charge on any atom is -0.451 e. The highest BCUT2D eigenvalue weighted by Crippen LogP contribution is 2.24. The lowest BCUT2D eigenvalue weighted by Gasteiger charge is -2.08. The van der Waals surface area contributed by atoms with Crippen molar-refractivity contribution in [3.05, 3.63) is 77.0 Å². The molecular weight excluding hydrogens is 316 g/mol. The molecule has 0 spiro atoms. The topological polar surface area (TPSA) is 85.3 Å². The Labute approximate surface area is 145 Å². The number of hydrogen-bond donors (Lipinski definition) is 2. The molecule has 2 aromatic carbocycles. The summed E-state index contributed by atoms with van der Waals surface area (Å²) < 4.78 is 5.38. The second-order valence-electron chi connectivity index (χ2n) is 5.86. The molecule has 0 aliphatic heterocycles. The summed E-state index contributed by atoms with van der Waals surface area (Å²) in [7, 11) is 0. The van der Waals surface area contributed by atoms with E-state index in [1.807, 2.05) is 26.0 Å². The molecule has 5 nitrogen and oxygen atoms in total. The smallest absolute Gasteiger partial charge is 0.284 e. The lowest BCUT2D eigenvalue weighted by Crippen LogP contribution is -2.12. The molecule has 3 aromatic rings. The van der Waals surface area contributed by atoms with E-state index in [0.717, 1.165) is 16.7 Å². The SMILES string of the molecule is Cc1ccc(C(=O)Nc2ccc(-c3ccc(C(N)=O)o3)cc2)cc1C. The van der Waals surface area contributed by atoms with E-state index in [1.165, 1.54) is 6.07 Å². The highest BCUT2D eigenvalue weighted by molar-refractivity contribution is 6.04. The average molecular weight is 334 g/mol. The maximum atomic E-state index is 12.3. The van der Waals surface area contributed by atoms with Crippen molar-refractivity contribution in [2.75, 3.05) is 5.32 Å². The number of nitrogens with one attached hydrogen (secondary N) is 1. The Bertz CT molecular complexity index is 940. The maximum Gasteiger partial charge on any atom is 0.284 e. The number of amides is 2. The predicted octanol–water partition coefficient (Wildman–Crippen LogP) is 3.91. The summed E-state index contributed by atoms with van der Waals surface area (Å²) in [5.41, 5.74) is 9.48. The van der Waals surface area contributed by atoms with Crippen LogP contribution in [0.25, 0.3) is 11.3 Å². The quantitative estimate of drug-likeness (QED) is 0.758. The van der Waals surface area contributed by atoms with Crippen molar-refractivity contribution in [1.29, 1.82) is 0 Å². The molecule has 126 valence electrons. The number of aryl methyl sites for hydroxylation is 2. The Balaban J connectivity index is 1.74. The molecule has 0 aliphatic rings. The summed E-state index contributed by atoms with van der Waals surface area (Å²) in [6.45, 7) is 3.98. The standard InChI is InChI=1S/C20H18N2O3/c1-12-3-4-15(11-13(12)2)20(24)22-16-7-5-14(6-8-16)17-9-10-18(25-17)19(21)23/h3-11H,1-2H3,(H2,21,23)(H,22,24). The Kier molecular flexibility index (Phi) is 4.39. The fourth-order valence-corrected chi connectivity index (χ4v) is 2.43. The van der Waals surface area contributed by atoms with Gasteiger partial charge in [-0.3, -0.25) is 9.59 Å². The van der Waals surface area contributed by atoms with Crippen molar-refractivity contribution < 1.29 is 14.0 Å². The van der Waals surface area contributed by atoms with E-state index in [0.29, 0.717) is 17.0 Å². The van der Waals surface area contributed by atoms with Crippen LogP contribution in [-0.2, 0) is 0 Å². The van der Waals surface area contributed by atoms with Gasteiger partial charge in [0.15, 0.2) is 5.76 Å². The molecule has 25 heavy (non-hydrogen) atoms. The zero-order valence-electron chi connectivity index (χ0n) is 14.0. The van der Waals surface area contributed by atoms with Crippen molar-refractivity contribution in [3.63, 3.8) is 0 Å². The van der Waals surface area contributed by atoms with Crippen LogP contribution < -0.4 is 11.1 Å². The number of anilines is 1. The summed E-state index contributed by atoms with van der Waals surface area (Å²) in [6.07, 6.45) is 0. The van der Waals surface area contributed by atoms with E-state index < -0.39 is 5.91 Å². The first-order chi connectivity index (χ1) is 11.9. The normalized spacial score (nSPS) is 10.5. The number of furan rings is 1. The van der Waals surface area contributed by atoms with Gasteiger partial charge < -0.3 is 15.5 Å². The first-order valence-electron chi connectivity index (χ1n) is 7.83. The third-order valence-electron chi connectivity index (χ3n) is 4.05. The number of nitrogens with two attached hydrogens (primary N) is 1. The summed E-state index contributed by atoms with van der Waals surface area (Å²) in [5.74, 6) is -0.114. The van der Waals surface area contributed by atoms with Crippen molar-refractivity contribution in [3.8, 4) is 11.3 Å². The molecule has 0 bridgehead atoms.